The Morgan fingerprint density at radius 1 is 1.28 bits per heavy atom. The first-order valence-electron chi connectivity index (χ1n) is 7.90. The molecule has 0 saturated heterocycles. The lowest BCUT2D eigenvalue weighted by atomic mass is 9.78. The van der Waals surface area contributed by atoms with Gasteiger partial charge in [-0.3, -0.25) is 18.7 Å². The van der Waals surface area contributed by atoms with Gasteiger partial charge in [0.1, 0.15) is 4.83 Å². The van der Waals surface area contributed by atoms with Crippen molar-refractivity contribution in [1.82, 2.24) is 9.13 Å². The van der Waals surface area contributed by atoms with Crippen LogP contribution in [0.25, 0.3) is 10.2 Å². The zero-order chi connectivity index (χ0) is 18.6. The van der Waals surface area contributed by atoms with Crippen molar-refractivity contribution in [3.05, 3.63) is 31.3 Å². The Labute approximate surface area is 144 Å². The topological polar surface area (TPSA) is 61.1 Å². The van der Waals surface area contributed by atoms with E-state index in [0.717, 1.165) is 26.9 Å². The average molecular weight is 374 g/mol. The molecular weight excluding hydrogens is 357 g/mol. The van der Waals surface area contributed by atoms with E-state index < -0.39 is 35.9 Å². The first-order chi connectivity index (χ1) is 11.6. The van der Waals surface area contributed by atoms with Crippen LogP contribution in [0.5, 0.6) is 0 Å². The van der Waals surface area contributed by atoms with E-state index in [4.69, 9.17) is 0 Å². The summed E-state index contributed by atoms with van der Waals surface area (Å²) >= 11 is 0.889. The molecule has 3 rings (SSSR count). The number of rotatable bonds is 4. The molecule has 1 fully saturated rings. The molecule has 0 unspecified atom stereocenters. The second-order valence-electron chi connectivity index (χ2n) is 6.68. The second-order valence-corrected chi connectivity index (χ2v) is 7.71. The Balaban J connectivity index is 2.34. The maximum absolute atomic E-state index is 12.9. The van der Waals surface area contributed by atoms with Gasteiger partial charge in [0.15, 0.2) is 6.29 Å². The lowest BCUT2D eigenvalue weighted by Gasteiger charge is -2.39. The number of aldehydes is 1. The van der Waals surface area contributed by atoms with E-state index in [-0.39, 0.29) is 15.1 Å². The van der Waals surface area contributed by atoms with E-state index in [9.17, 15) is 27.6 Å². The third-order valence-electron chi connectivity index (χ3n) is 4.95. The first kappa shape index (κ1) is 17.9. The van der Waals surface area contributed by atoms with E-state index in [2.05, 4.69) is 0 Å². The van der Waals surface area contributed by atoms with Crippen LogP contribution >= 0.6 is 11.3 Å². The number of aromatic nitrogens is 2. The summed E-state index contributed by atoms with van der Waals surface area (Å²) in [6.07, 6.45) is -2.94. The van der Waals surface area contributed by atoms with Crippen LogP contribution in [0.2, 0.25) is 0 Å². The van der Waals surface area contributed by atoms with Crippen LogP contribution in [0.15, 0.2) is 9.59 Å². The molecule has 0 atom stereocenters. The van der Waals surface area contributed by atoms with Crippen LogP contribution in [0, 0.1) is 6.92 Å². The Hall–Kier alpha value is -1.90. The third-order valence-corrected chi connectivity index (χ3v) is 6.19. The monoisotopic (exact) mass is 374 g/mol. The van der Waals surface area contributed by atoms with Crippen molar-refractivity contribution in [2.75, 3.05) is 0 Å². The van der Waals surface area contributed by atoms with Gasteiger partial charge in [0.05, 0.1) is 16.7 Å². The molecule has 0 amide bonds. The van der Waals surface area contributed by atoms with Gasteiger partial charge in [-0.15, -0.1) is 11.3 Å². The summed E-state index contributed by atoms with van der Waals surface area (Å²) in [6, 6.07) is 0. The van der Waals surface area contributed by atoms with Crippen LogP contribution in [-0.4, -0.2) is 21.6 Å². The highest BCUT2D eigenvalue weighted by molar-refractivity contribution is 7.20. The lowest BCUT2D eigenvalue weighted by molar-refractivity contribution is -0.136. The summed E-state index contributed by atoms with van der Waals surface area (Å²) in [4.78, 5) is 37.4. The Bertz CT molecular complexity index is 964. The zero-order valence-electron chi connectivity index (χ0n) is 13.8. The lowest BCUT2D eigenvalue weighted by Crippen LogP contribution is -2.53. The number of nitrogens with zero attached hydrogens (tertiary/aromatic N) is 2. The molecule has 2 aromatic heterocycles. The van der Waals surface area contributed by atoms with Crippen LogP contribution in [0.3, 0.4) is 0 Å². The molecular formula is C16H17F3N2O3S. The number of thiophene rings is 1. The molecule has 0 spiro atoms. The molecule has 2 aromatic rings. The van der Waals surface area contributed by atoms with Crippen molar-refractivity contribution in [3.8, 4) is 0 Å². The summed E-state index contributed by atoms with van der Waals surface area (Å²) in [5.74, 6) is 0. The highest BCUT2D eigenvalue weighted by Gasteiger charge is 2.38. The molecule has 0 bridgehead atoms. The quantitative estimate of drug-likeness (QED) is 0.772. The maximum atomic E-state index is 12.9. The van der Waals surface area contributed by atoms with Crippen LogP contribution in [0.4, 0.5) is 13.2 Å². The van der Waals surface area contributed by atoms with Gasteiger partial charge >= 0.3 is 11.9 Å². The van der Waals surface area contributed by atoms with Crippen LogP contribution in [0.1, 0.15) is 47.8 Å². The van der Waals surface area contributed by atoms with Crippen molar-refractivity contribution < 1.29 is 18.0 Å². The number of hydrogen-bond donors (Lipinski definition) is 0. The molecule has 1 aliphatic rings. The summed E-state index contributed by atoms with van der Waals surface area (Å²) in [5.41, 5.74) is -1.52. The highest BCUT2D eigenvalue weighted by Crippen LogP contribution is 2.37. The molecule has 5 nitrogen and oxygen atoms in total. The largest absolute Gasteiger partial charge is 0.390 e. The maximum Gasteiger partial charge on any atom is 0.390 e. The Kier molecular flexibility index (Phi) is 4.17. The first-order valence-corrected chi connectivity index (χ1v) is 8.72. The number of aryl methyl sites for hydroxylation is 2. The Morgan fingerprint density at radius 3 is 2.40 bits per heavy atom. The van der Waals surface area contributed by atoms with Gasteiger partial charge in [0.25, 0.3) is 5.56 Å². The van der Waals surface area contributed by atoms with Gasteiger partial charge in [0.2, 0.25) is 0 Å². The summed E-state index contributed by atoms with van der Waals surface area (Å²) in [7, 11) is 0. The number of halogens is 3. The number of carbonyl (C=O) groups excluding carboxylic acids is 1. The molecule has 136 valence electrons. The summed E-state index contributed by atoms with van der Waals surface area (Å²) in [6.45, 7) is 2.77. The summed E-state index contributed by atoms with van der Waals surface area (Å²) in [5, 5.41) is 0.169. The third kappa shape index (κ3) is 2.84. The van der Waals surface area contributed by atoms with E-state index in [1.54, 1.807) is 13.8 Å². The van der Waals surface area contributed by atoms with Crippen molar-refractivity contribution in [2.45, 2.75) is 57.8 Å². The normalized spacial score (nSPS) is 16.8. The van der Waals surface area contributed by atoms with Crippen LogP contribution in [-0.2, 0) is 12.1 Å². The van der Waals surface area contributed by atoms with Gasteiger partial charge in [-0.25, -0.2) is 4.79 Å². The van der Waals surface area contributed by atoms with E-state index >= 15 is 0 Å². The molecule has 1 saturated carbocycles. The zero-order valence-corrected chi connectivity index (χ0v) is 14.6. The number of carbonyl (C=O) groups is 1. The summed E-state index contributed by atoms with van der Waals surface area (Å²) < 4.78 is 40.1. The number of fused-ring (bicyclic) bond motifs is 1. The predicted octanol–water partition coefficient (Wildman–Crippen LogP) is 3.20. The highest BCUT2D eigenvalue weighted by atomic mass is 32.1. The van der Waals surface area contributed by atoms with E-state index in [0.29, 0.717) is 24.7 Å². The molecule has 0 aromatic carbocycles. The molecule has 0 radical (unpaired) electrons. The van der Waals surface area contributed by atoms with Crippen molar-refractivity contribution >= 4 is 27.8 Å². The van der Waals surface area contributed by atoms with Gasteiger partial charge in [-0.05, 0) is 38.7 Å². The number of alkyl halides is 3. The van der Waals surface area contributed by atoms with Crippen molar-refractivity contribution in [1.29, 1.82) is 0 Å². The fraction of sp³-hybridized carbons (Fsp3) is 0.562. The molecule has 1 aliphatic carbocycles. The van der Waals surface area contributed by atoms with E-state index in [1.165, 1.54) is 0 Å². The average Bonchev–Trinajstić information content (AvgIpc) is 2.81. The number of hydrogen-bond acceptors (Lipinski definition) is 4. The SMILES string of the molecule is Cc1c(C=O)sc2c1c(=O)n(C1(C)CCC1)c(=O)n2CCC(F)(F)F. The standard InChI is InChI=1S/C16H17F3N2O3S/c1-9-10(8-22)25-13-11(9)12(23)21(15(2)4-3-5-15)14(24)20(13)7-6-16(17,18)19/h8H,3-7H2,1-2H3. The second kappa shape index (κ2) is 5.82. The van der Waals surface area contributed by atoms with Crippen molar-refractivity contribution in [3.63, 3.8) is 0 Å². The van der Waals surface area contributed by atoms with Gasteiger partial charge < -0.3 is 0 Å². The molecule has 0 aliphatic heterocycles. The van der Waals surface area contributed by atoms with Crippen LogP contribution < -0.4 is 11.2 Å². The van der Waals surface area contributed by atoms with E-state index in [1.807, 2.05) is 0 Å². The fourth-order valence-corrected chi connectivity index (χ4v) is 4.43. The smallest absolute Gasteiger partial charge is 0.297 e. The van der Waals surface area contributed by atoms with Gasteiger partial charge in [0, 0.05) is 12.1 Å². The molecule has 2 heterocycles. The Morgan fingerprint density at radius 2 is 1.92 bits per heavy atom. The molecule has 25 heavy (non-hydrogen) atoms. The molecule has 9 heteroatoms. The minimum Gasteiger partial charge on any atom is -0.297 e. The minimum atomic E-state index is -4.42. The minimum absolute atomic E-state index is 0.137. The van der Waals surface area contributed by atoms with Gasteiger partial charge in [-0.1, -0.05) is 0 Å². The fourth-order valence-electron chi connectivity index (χ4n) is 3.30. The molecule has 0 N–H and O–H groups in total. The predicted molar refractivity (Wildman–Crippen MR) is 88.6 cm³/mol. The van der Waals surface area contributed by atoms with Gasteiger partial charge in [-0.2, -0.15) is 13.2 Å². The van der Waals surface area contributed by atoms with Crippen molar-refractivity contribution in [2.24, 2.45) is 0 Å².